The van der Waals surface area contributed by atoms with Crippen molar-refractivity contribution in [2.24, 2.45) is 0 Å². The van der Waals surface area contributed by atoms with Gasteiger partial charge in [0.05, 0.1) is 12.1 Å². The fourth-order valence-corrected chi connectivity index (χ4v) is 4.22. The molecule has 0 radical (unpaired) electrons. The van der Waals surface area contributed by atoms with Gasteiger partial charge in [-0.05, 0) is 50.9 Å². The van der Waals surface area contributed by atoms with Gasteiger partial charge in [-0.15, -0.1) is 0 Å². The van der Waals surface area contributed by atoms with Crippen LogP contribution in [-0.4, -0.2) is 77.2 Å². The first-order valence-electron chi connectivity index (χ1n) is 9.15. The van der Waals surface area contributed by atoms with Gasteiger partial charge in [0.1, 0.15) is 5.82 Å². The molecule has 6 nitrogen and oxygen atoms in total. The van der Waals surface area contributed by atoms with Gasteiger partial charge in [-0.25, -0.2) is 4.98 Å². The summed E-state index contributed by atoms with van der Waals surface area (Å²) in [6.07, 6.45) is 6.06. The number of anilines is 1. The standard InChI is InChI=1S/C18H26N4O2/c23-16-13-22(12-15(16)20-7-1-2-8-20)18(24)14-5-6-19-17(11-14)21-9-3-4-10-21/h5-6,11,15-16,23H,1-4,7-10,12-13H2/t15-,16-/m1/s1. The Morgan fingerprint density at radius 1 is 1.08 bits per heavy atom. The first-order valence-corrected chi connectivity index (χ1v) is 9.15. The van der Waals surface area contributed by atoms with Gasteiger partial charge in [-0.3, -0.25) is 9.69 Å². The Morgan fingerprint density at radius 3 is 2.54 bits per heavy atom. The van der Waals surface area contributed by atoms with Crippen LogP contribution in [-0.2, 0) is 0 Å². The number of β-amino-alcohol motifs (C(OH)–C–C–N with tert-alkyl or cyclic N) is 1. The molecule has 0 aliphatic carbocycles. The van der Waals surface area contributed by atoms with Crippen LogP contribution in [0.25, 0.3) is 0 Å². The quantitative estimate of drug-likeness (QED) is 0.895. The van der Waals surface area contributed by atoms with E-state index in [0.29, 0.717) is 18.7 Å². The van der Waals surface area contributed by atoms with Gasteiger partial charge < -0.3 is 14.9 Å². The van der Waals surface area contributed by atoms with Crippen LogP contribution in [0, 0.1) is 0 Å². The highest BCUT2D eigenvalue weighted by Gasteiger charge is 2.38. The molecule has 0 bridgehead atoms. The minimum absolute atomic E-state index is 0.0126. The third kappa shape index (κ3) is 3.00. The van der Waals surface area contributed by atoms with Crippen molar-refractivity contribution in [2.45, 2.75) is 37.8 Å². The Morgan fingerprint density at radius 2 is 1.79 bits per heavy atom. The number of likely N-dealkylation sites (tertiary alicyclic amines) is 2. The number of hydrogen-bond donors (Lipinski definition) is 1. The summed E-state index contributed by atoms with van der Waals surface area (Å²) in [5.41, 5.74) is 0.682. The number of nitrogens with zero attached hydrogens (tertiary/aromatic N) is 4. The molecule has 3 fully saturated rings. The van der Waals surface area contributed by atoms with E-state index in [1.54, 1.807) is 17.2 Å². The van der Waals surface area contributed by atoms with Crippen molar-refractivity contribution in [3.8, 4) is 0 Å². The second kappa shape index (κ2) is 6.69. The number of carbonyl (C=O) groups is 1. The lowest BCUT2D eigenvalue weighted by atomic mass is 10.2. The van der Waals surface area contributed by atoms with E-state index in [9.17, 15) is 9.90 Å². The molecule has 3 aliphatic rings. The summed E-state index contributed by atoms with van der Waals surface area (Å²) in [5.74, 6) is 0.910. The van der Waals surface area contributed by atoms with Crippen molar-refractivity contribution >= 4 is 11.7 Å². The molecule has 0 spiro atoms. The van der Waals surface area contributed by atoms with Crippen LogP contribution in [0.15, 0.2) is 18.3 Å². The van der Waals surface area contributed by atoms with Crippen molar-refractivity contribution in [3.05, 3.63) is 23.9 Å². The molecule has 3 aliphatic heterocycles. The van der Waals surface area contributed by atoms with Crippen LogP contribution < -0.4 is 4.90 Å². The van der Waals surface area contributed by atoms with Crippen LogP contribution in [0.1, 0.15) is 36.0 Å². The van der Waals surface area contributed by atoms with Crippen LogP contribution in [0.3, 0.4) is 0 Å². The molecule has 1 aromatic heterocycles. The van der Waals surface area contributed by atoms with Crippen molar-refractivity contribution < 1.29 is 9.90 Å². The zero-order valence-corrected chi connectivity index (χ0v) is 14.1. The SMILES string of the molecule is O=C(c1ccnc(N2CCCC2)c1)N1C[C@@H](O)[C@H](N2CCCC2)C1. The molecule has 2 atom stereocenters. The lowest BCUT2D eigenvalue weighted by Gasteiger charge is -2.25. The van der Waals surface area contributed by atoms with E-state index < -0.39 is 6.10 Å². The van der Waals surface area contributed by atoms with Gasteiger partial charge >= 0.3 is 0 Å². The molecule has 1 aromatic rings. The van der Waals surface area contributed by atoms with E-state index in [1.165, 1.54) is 25.7 Å². The van der Waals surface area contributed by atoms with Gasteiger partial charge in [-0.1, -0.05) is 0 Å². The van der Waals surface area contributed by atoms with Gasteiger partial charge in [0.2, 0.25) is 0 Å². The second-order valence-electron chi connectivity index (χ2n) is 7.18. The smallest absolute Gasteiger partial charge is 0.254 e. The number of pyridine rings is 1. The van der Waals surface area contributed by atoms with Crippen molar-refractivity contribution in [3.63, 3.8) is 0 Å². The summed E-state index contributed by atoms with van der Waals surface area (Å²) >= 11 is 0. The Kier molecular flexibility index (Phi) is 4.41. The number of amides is 1. The summed E-state index contributed by atoms with van der Waals surface area (Å²) in [4.78, 5) is 23.7. The van der Waals surface area contributed by atoms with Gasteiger partial charge in [0.15, 0.2) is 0 Å². The van der Waals surface area contributed by atoms with Crippen LogP contribution in [0.2, 0.25) is 0 Å². The zero-order chi connectivity index (χ0) is 16.5. The highest BCUT2D eigenvalue weighted by atomic mass is 16.3. The van der Waals surface area contributed by atoms with Crippen LogP contribution >= 0.6 is 0 Å². The highest BCUT2D eigenvalue weighted by molar-refractivity contribution is 5.95. The largest absolute Gasteiger partial charge is 0.390 e. The van der Waals surface area contributed by atoms with E-state index >= 15 is 0 Å². The molecule has 0 saturated carbocycles. The molecule has 0 unspecified atom stereocenters. The molecule has 3 saturated heterocycles. The molecular formula is C18H26N4O2. The average molecular weight is 330 g/mol. The zero-order valence-electron chi connectivity index (χ0n) is 14.1. The molecule has 4 heterocycles. The van der Waals surface area contributed by atoms with Crippen LogP contribution in [0.4, 0.5) is 5.82 Å². The third-order valence-electron chi connectivity index (χ3n) is 5.58. The van der Waals surface area contributed by atoms with Gasteiger partial charge in [-0.2, -0.15) is 0 Å². The first kappa shape index (κ1) is 15.8. The maximum atomic E-state index is 12.9. The maximum Gasteiger partial charge on any atom is 0.254 e. The van der Waals surface area contributed by atoms with E-state index in [1.807, 2.05) is 6.07 Å². The summed E-state index contributed by atoms with van der Waals surface area (Å²) in [7, 11) is 0. The molecule has 1 N–H and O–H groups in total. The Labute approximate surface area is 143 Å². The molecule has 6 heteroatoms. The first-order chi connectivity index (χ1) is 11.7. The van der Waals surface area contributed by atoms with Crippen molar-refractivity contribution in [1.82, 2.24) is 14.8 Å². The molecule has 130 valence electrons. The van der Waals surface area contributed by atoms with Gasteiger partial charge in [0.25, 0.3) is 5.91 Å². The lowest BCUT2D eigenvalue weighted by molar-refractivity contribution is 0.0763. The number of hydrogen-bond acceptors (Lipinski definition) is 5. The molecule has 0 aromatic carbocycles. The number of rotatable bonds is 3. The Hall–Kier alpha value is -1.66. The number of carbonyl (C=O) groups excluding carboxylic acids is 1. The summed E-state index contributed by atoms with van der Waals surface area (Å²) in [6, 6.07) is 3.79. The molecule has 1 amide bonds. The molecule has 24 heavy (non-hydrogen) atoms. The molecule has 4 rings (SSSR count). The van der Waals surface area contributed by atoms with E-state index in [4.69, 9.17) is 0 Å². The maximum absolute atomic E-state index is 12.9. The minimum Gasteiger partial charge on any atom is -0.390 e. The Balaban J connectivity index is 1.46. The fraction of sp³-hybridized carbons (Fsp3) is 0.667. The predicted molar refractivity (Wildman–Crippen MR) is 92.2 cm³/mol. The Bertz CT molecular complexity index is 596. The summed E-state index contributed by atoms with van der Waals surface area (Å²) in [5, 5.41) is 10.4. The molecular weight excluding hydrogens is 304 g/mol. The number of aliphatic hydroxyl groups is 1. The highest BCUT2D eigenvalue weighted by Crippen LogP contribution is 2.24. The topological polar surface area (TPSA) is 59.9 Å². The predicted octanol–water partition coefficient (Wildman–Crippen LogP) is 0.963. The second-order valence-corrected chi connectivity index (χ2v) is 7.18. The van der Waals surface area contributed by atoms with Gasteiger partial charge in [0, 0.05) is 37.9 Å². The third-order valence-corrected chi connectivity index (χ3v) is 5.58. The summed E-state index contributed by atoms with van der Waals surface area (Å²) in [6.45, 7) is 5.17. The fourth-order valence-electron chi connectivity index (χ4n) is 4.22. The summed E-state index contributed by atoms with van der Waals surface area (Å²) < 4.78 is 0. The monoisotopic (exact) mass is 330 g/mol. The lowest BCUT2D eigenvalue weighted by Crippen LogP contribution is -2.41. The van der Waals surface area contributed by atoms with E-state index in [2.05, 4.69) is 14.8 Å². The van der Waals surface area contributed by atoms with Crippen molar-refractivity contribution in [1.29, 1.82) is 0 Å². The number of aliphatic hydroxyl groups excluding tert-OH is 1. The average Bonchev–Trinajstić information content (AvgIpc) is 3.35. The number of aromatic nitrogens is 1. The van der Waals surface area contributed by atoms with Crippen LogP contribution in [0.5, 0.6) is 0 Å². The van der Waals surface area contributed by atoms with E-state index in [0.717, 1.165) is 32.0 Å². The van der Waals surface area contributed by atoms with E-state index in [-0.39, 0.29) is 11.9 Å². The minimum atomic E-state index is -0.438. The normalized spacial score (nSPS) is 28.0. The van der Waals surface area contributed by atoms with Crippen molar-refractivity contribution in [2.75, 3.05) is 44.2 Å².